The first-order chi connectivity index (χ1) is 13.7. The first-order valence-electron chi connectivity index (χ1n) is 9.76. The van der Waals surface area contributed by atoms with Crippen LogP contribution in [0.1, 0.15) is 28.2 Å². The molecule has 3 aromatic rings. The van der Waals surface area contributed by atoms with E-state index in [1.54, 1.807) is 0 Å². The SMILES string of the molecule is Cc1nc(N2CCOCC2)sc1C(=O)Nc1nn(CC2CC2)c2ccccc12. The number of thiazole rings is 1. The van der Waals surface area contributed by atoms with E-state index in [1.807, 2.05) is 29.8 Å². The predicted molar refractivity (Wildman–Crippen MR) is 110 cm³/mol. The molecule has 0 bridgehead atoms. The molecule has 2 aliphatic rings. The van der Waals surface area contributed by atoms with Gasteiger partial charge in [-0.3, -0.25) is 9.48 Å². The van der Waals surface area contributed by atoms with Crippen LogP contribution in [0.3, 0.4) is 0 Å². The van der Waals surface area contributed by atoms with Gasteiger partial charge in [-0.25, -0.2) is 4.98 Å². The van der Waals surface area contributed by atoms with Gasteiger partial charge in [0.15, 0.2) is 10.9 Å². The number of hydrogen-bond donors (Lipinski definition) is 1. The highest BCUT2D eigenvalue weighted by atomic mass is 32.1. The standard InChI is InChI=1S/C20H23N5O2S/c1-13-17(28-20(21-13)24-8-10-27-11-9-24)19(26)22-18-15-4-2-3-5-16(15)25(23-18)12-14-6-7-14/h2-5,14H,6-12H2,1H3,(H,22,23,26). The van der Waals surface area contributed by atoms with Crippen LogP contribution in [0.4, 0.5) is 10.9 Å². The second-order valence-electron chi connectivity index (χ2n) is 7.46. The third-order valence-electron chi connectivity index (χ3n) is 5.29. The number of anilines is 2. The molecule has 2 fully saturated rings. The molecule has 1 aromatic carbocycles. The van der Waals surface area contributed by atoms with Crippen LogP contribution >= 0.6 is 11.3 Å². The zero-order valence-corrected chi connectivity index (χ0v) is 16.7. The maximum Gasteiger partial charge on any atom is 0.268 e. The number of benzene rings is 1. The van der Waals surface area contributed by atoms with E-state index in [0.29, 0.717) is 29.8 Å². The summed E-state index contributed by atoms with van der Waals surface area (Å²) in [5.41, 5.74) is 1.82. The number of para-hydroxylation sites is 1. The first kappa shape index (κ1) is 17.6. The fourth-order valence-corrected chi connectivity index (χ4v) is 4.56. The highest BCUT2D eigenvalue weighted by Gasteiger charge is 2.25. The minimum absolute atomic E-state index is 0.142. The van der Waals surface area contributed by atoms with Gasteiger partial charge in [-0.15, -0.1) is 0 Å². The number of carbonyl (C=O) groups excluding carboxylic acids is 1. The molecular formula is C20H23N5O2S. The number of rotatable bonds is 5. The van der Waals surface area contributed by atoms with E-state index in [2.05, 4.69) is 21.3 Å². The van der Waals surface area contributed by atoms with E-state index >= 15 is 0 Å². The summed E-state index contributed by atoms with van der Waals surface area (Å²) in [6, 6.07) is 8.07. The van der Waals surface area contributed by atoms with Gasteiger partial charge >= 0.3 is 0 Å². The Morgan fingerprint density at radius 1 is 1.29 bits per heavy atom. The molecule has 0 unspecified atom stereocenters. The zero-order chi connectivity index (χ0) is 19.1. The van der Waals surface area contributed by atoms with Crippen LogP contribution in [-0.2, 0) is 11.3 Å². The molecule has 0 atom stereocenters. The molecule has 7 nitrogen and oxygen atoms in total. The van der Waals surface area contributed by atoms with Crippen molar-refractivity contribution in [3.8, 4) is 0 Å². The molecule has 0 radical (unpaired) electrons. The van der Waals surface area contributed by atoms with Crippen molar-refractivity contribution < 1.29 is 9.53 Å². The topological polar surface area (TPSA) is 72.3 Å². The molecule has 2 aromatic heterocycles. The van der Waals surface area contributed by atoms with Crippen molar-refractivity contribution in [2.24, 2.45) is 5.92 Å². The van der Waals surface area contributed by atoms with E-state index in [4.69, 9.17) is 9.84 Å². The monoisotopic (exact) mass is 397 g/mol. The van der Waals surface area contributed by atoms with Gasteiger partial charge in [-0.1, -0.05) is 23.5 Å². The van der Waals surface area contributed by atoms with Gasteiger partial charge in [0.05, 0.1) is 24.4 Å². The van der Waals surface area contributed by atoms with Crippen LogP contribution in [-0.4, -0.2) is 47.0 Å². The Morgan fingerprint density at radius 2 is 2.07 bits per heavy atom. The Balaban J connectivity index is 1.40. The molecule has 8 heteroatoms. The second-order valence-corrected chi connectivity index (χ2v) is 8.43. The molecule has 1 amide bonds. The van der Waals surface area contributed by atoms with E-state index in [9.17, 15) is 4.79 Å². The Hall–Kier alpha value is -2.45. The number of ether oxygens (including phenoxy) is 1. The molecule has 1 saturated carbocycles. The summed E-state index contributed by atoms with van der Waals surface area (Å²) in [5, 5.41) is 9.60. The van der Waals surface area contributed by atoms with Crippen LogP contribution in [0.2, 0.25) is 0 Å². The molecule has 0 spiro atoms. The van der Waals surface area contributed by atoms with Gasteiger partial charge in [0, 0.05) is 25.0 Å². The summed E-state index contributed by atoms with van der Waals surface area (Å²) in [7, 11) is 0. The smallest absolute Gasteiger partial charge is 0.268 e. The van der Waals surface area contributed by atoms with Crippen LogP contribution in [0.5, 0.6) is 0 Å². The van der Waals surface area contributed by atoms with Crippen molar-refractivity contribution in [3.63, 3.8) is 0 Å². The molecule has 5 rings (SSSR count). The number of fused-ring (bicyclic) bond motifs is 1. The van der Waals surface area contributed by atoms with Crippen LogP contribution in [0, 0.1) is 12.8 Å². The number of nitrogens with zero attached hydrogens (tertiary/aromatic N) is 4. The highest BCUT2D eigenvalue weighted by molar-refractivity contribution is 7.17. The molecule has 146 valence electrons. The van der Waals surface area contributed by atoms with E-state index in [1.165, 1.54) is 24.2 Å². The molecule has 28 heavy (non-hydrogen) atoms. The summed E-state index contributed by atoms with van der Waals surface area (Å²) >= 11 is 1.44. The lowest BCUT2D eigenvalue weighted by Crippen LogP contribution is -2.36. The van der Waals surface area contributed by atoms with Crippen molar-refractivity contribution in [3.05, 3.63) is 34.8 Å². The quantitative estimate of drug-likeness (QED) is 0.715. The van der Waals surface area contributed by atoms with Gasteiger partial charge in [0.2, 0.25) is 0 Å². The maximum absolute atomic E-state index is 13.0. The molecule has 1 aliphatic heterocycles. The lowest BCUT2D eigenvalue weighted by molar-refractivity contribution is 0.102. The fraction of sp³-hybridized carbons (Fsp3) is 0.450. The van der Waals surface area contributed by atoms with Crippen molar-refractivity contribution in [2.75, 3.05) is 36.5 Å². The Labute approximate surface area is 167 Å². The van der Waals surface area contributed by atoms with E-state index in [-0.39, 0.29) is 5.91 Å². The van der Waals surface area contributed by atoms with Gasteiger partial charge in [-0.05, 0) is 37.8 Å². The molecule has 3 heterocycles. The third-order valence-corrected chi connectivity index (χ3v) is 6.51. The highest BCUT2D eigenvalue weighted by Crippen LogP contribution is 2.33. The molecule has 1 N–H and O–H groups in total. The normalized spacial score (nSPS) is 17.2. The van der Waals surface area contributed by atoms with Crippen LogP contribution in [0.15, 0.2) is 24.3 Å². The summed E-state index contributed by atoms with van der Waals surface area (Å²) in [6.07, 6.45) is 2.53. The number of nitrogens with one attached hydrogen (secondary N) is 1. The lowest BCUT2D eigenvalue weighted by atomic mass is 10.2. The van der Waals surface area contributed by atoms with Gasteiger partial charge in [-0.2, -0.15) is 5.10 Å². The number of aromatic nitrogens is 3. The van der Waals surface area contributed by atoms with E-state index in [0.717, 1.165) is 41.4 Å². The number of hydrogen-bond acceptors (Lipinski definition) is 6. The number of morpholine rings is 1. The Bertz CT molecular complexity index is 1020. The first-order valence-corrected chi connectivity index (χ1v) is 10.6. The summed E-state index contributed by atoms with van der Waals surface area (Å²) in [5.74, 6) is 1.20. The van der Waals surface area contributed by atoms with Crippen LogP contribution < -0.4 is 10.2 Å². The maximum atomic E-state index is 13.0. The average molecular weight is 398 g/mol. The fourth-order valence-electron chi connectivity index (χ4n) is 3.55. The van der Waals surface area contributed by atoms with Gasteiger partial charge < -0.3 is 15.0 Å². The largest absolute Gasteiger partial charge is 0.378 e. The molecule has 1 aliphatic carbocycles. The zero-order valence-electron chi connectivity index (χ0n) is 15.9. The molecule has 1 saturated heterocycles. The number of carbonyl (C=O) groups is 1. The summed E-state index contributed by atoms with van der Waals surface area (Å²) in [6.45, 7) is 5.82. The lowest BCUT2D eigenvalue weighted by Gasteiger charge is -2.25. The predicted octanol–water partition coefficient (Wildman–Crippen LogP) is 3.30. The summed E-state index contributed by atoms with van der Waals surface area (Å²) < 4.78 is 7.43. The second kappa shape index (κ2) is 7.18. The molecular weight excluding hydrogens is 374 g/mol. The van der Waals surface area contributed by atoms with Crippen molar-refractivity contribution in [2.45, 2.75) is 26.3 Å². The minimum atomic E-state index is -0.142. The van der Waals surface area contributed by atoms with Crippen LogP contribution in [0.25, 0.3) is 10.9 Å². The van der Waals surface area contributed by atoms with Crippen molar-refractivity contribution in [1.29, 1.82) is 0 Å². The Morgan fingerprint density at radius 3 is 2.86 bits per heavy atom. The summed E-state index contributed by atoms with van der Waals surface area (Å²) in [4.78, 5) is 20.4. The van der Waals surface area contributed by atoms with Crippen molar-refractivity contribution >= 4 is 39.1 Å². The average Bonchev–Trinajstić information content (AvgIpc) is 3.36. The number of aryl methyl sites for hydroxylation is 1. The Kier molecular flexibility index (Phi) is 4.52. The number of amides is 1. The van der Waals surface area contributed by atoms with Crippen molar-refractivity contribution in [1.82, 2.24) is 14.8 Å². The van der Waals surface area contributed by atoms with Gasteiger partial charge in [0.1, 0.15) is 4.88 Å². The minimum Gasteiger partial charge on any atom is -0.378 e. The van der Waals surface area contributed by atoms with E-state index < -0.39 is 0 Å². The van der Waals surface area contributed by atoms with Gasteiger partial charge in [0.25, 0.3) is 5.91 Å². The third kappa shape index (κ3) is 3.38.